The summed E-state index contributed by atoms with van der Waals surface area (Å²) in [6, 6.07) is 0. The van der Waals surface area contributed by atoms with Crippen molar-refractivity contribution in [1.82, 2.24) is 4.90 Å². The van der Waals surface area contributed by atoms with Crippen LogP contribution in [0.2, 0.25) is 0 Å². The Bertz CT molecular complexity index is 271. The molecule has 108 valence electrons. The minimum absolute atomic E-state index is 0.0552. The van der Waals surface area contributed by atoms with Gasteiger partial charge < -0.3 is 4.90 Å². The number of rotatable bonds is 8. The standard InChI is InChI=1S/C11H17F6N/c1-3-18(4-2)7-5-6-8(12)11(16,17)9(13)10(14)15/h8H,3-7H2,1-2H3. The summed E-state index contributed by atoms with van der Waals surface area (Å²) in [5.74, 6) is -7.72. The van der Waals surface area contributed by atoms with Crippen molar-refractivity contribution in [2.75, 3.05) is 19.6 Å². The smallest absolute Gasteiger partial charge is 0.304 e. The summed E-state index contributed by atoms with van der Waals surface area (Å²) in [7, 11) is 0. The van der Waals surface area contributed by atoms with Gasteiger partial charge in [-0.3, -0.25) is 0 Å². The lowest BCUT2D eigenvalue weighted by Gasteiger charge is -2.21. The molecule has 0 spiro atoms. The molecule has 0 amide bonds. The van der Waals surface area contributed by atoms with E-state index in [0.29, 0.717) is 19.6 Å². The van der Waals surface area contributed by atoms with Crippen LogP contribution in [0.5, 0.6) is 0 Å². The zero-order valence-corrected chi connectivity index (χ0v) is 10.3. The Balaban J connectivity index is 4.33. The van der Waals surface area contributed by atoms with E-state index in [-0.39, 0.29) is 6.42 Å². The van der Waals surface area contributed by atoms with E-state index < -0.39 is 30.4 Å². The highest BCUT2D eigenvalue weighted by atomic mass is 19.3. The molecule has 0 saturated heterocycles. The summed E-state index contributed by atoms with van der Waals surface area (Å²) in [5.41, 5.74) is 0. The third-order valence-electron chi connectivity index (χ3n) is 2.68. The van der Waals surface area contributed by atoms with Crippen LogP contribution < -0.4 is 0 Å². The van der Waals surface area contributed by atoms with Crippen molar-refractivity contribution in [2.45, 2.75) is 38.8 Å². The van der Waals surface area contributed by atoms with E-state index in [2.05, 4.69) is 0 Å². The molecule has 18 heavy (non-hydrogen) atoms. The summed E-state index contributed by atoms with van der Waals surface area (Å²) in [5, 5.41) is 0. The van der Waals surface area contributed by atoms with Gasteiger partial charge in [0.05, 0.1) is 0 Å². The SMILES string of the molecule is CCN(CC)CCCC(F)C(F)(F)C(F)=C(F)F. The van der Waals surface area contributed by atoms with Gasteiger partial charge in [0.15, 0.2) is 6.17 Å². The average Bonchev–Trinajstić information content (AvgIpc) is 2.33. The summed E-state index contributed by atoms with van der Waals surface area (Å²) in [4.78, 5) is 1.87. The molecule has 0 aliphatic carbocycles. The van der Waals surface area contributed by atoms with Gasteiger partial charge in [0.25, 0.3) is 0 Å². The van der Waals surface area contributed by atoms with Gasteiger partial charge >= 0.3 is 12.0 Å². The molecule has 0 aromatic rings. The largest absolute Gasteiger partial charge is 0.334 e. The van der Waals surface area contributed by atoms with Gasteiger partial charge in [-0.1, -0.05) is 13.8 Å². The molecular formula is C11H17F6N. The third kappa shape index (κ3) is 4.88. The lowest BCUT2D eigenvalue weighted by Crippen LogP contribution is -2.32. The summed E-state index contributed by atoms with van der Waals surface area (Å²) >= 11 is 0. The van der Waals surface area contributed by atoms with Crippen LogP contribution in [0, 0.1) is 0 Å². The second kappa shape index (κ2) is 7.66. The summed E-state index contributed by atoms with van der Waals surface area (Å²) in [6.45, 7) is 5.43. The van der Waals surface area contributed by atoms with Gasteiger partial charge in [-0.05, 0) is 32.5 Å². The highest BCUT2D eigenvalue weighted by molar-refractivity contribution is 5.07. The normalized spacial score (nSPS) is 13.8. The van der Waals surface area contributed by atoms with Crippen LogP contribution in [0.4, 0.5) is 26.3 Å². The number of halogens is 6. The fourth-order valence-electron chi connectivity index (χ4n) is 1.48. The van der Waals surface area contributed by atoms with Crippen LogP contribution >= 0.6 is 0 Å². The van der Waals surface area contributed by atoms with Crippen molar-refractivity contribution < 1.29 is 26.3 Å². The lowest BCUT2D eigenvalue weighted by molar-refractivity contribution is -0.0638. The molecule has 0 rings (SSSR count). The topological polar surface area (TPSA) is 3.24 Å². The van der Waals surface area contributed by atoms with Crippen molar-refractivity contribution in [3.05, 3.63) is 11.9 Å². The second-order valence-electron chi connectivity index (χ2n) is 3.83. The molecular weight excluding hydrogens is 260 g/mol. The van der Waals surface area contributed by atoms with Crippen LogP contribution in [0.3, 0.4) is 0 Å². The fourth-order valence-corrected chi connectivity index (χ4v) is 1.48. The Hall–Kier alpha value is -0.720. The van der Waals surface area contributed by atoms with E-state index in [1.165, 1.54) is 0 Å². The number of hydrogen-bond donors (Lipinski definition) is 0. The van der Waals surface area contributed by atoms with E-state index in [9.17, 15) is 26.3 Å². The van der Waals surface area contributed by atoms with Gasteiger partial charge in [-0.15, -0.1) is 0 Å². The van der Waals surface area contributed by atoms with Gasteiger partial charge in [0.2, 0.25) is 5.83 Å². The first-order valence-electron chi connectivity index (χ1n) is 5.72. The van der Waals surface area contributed by atoms with E-state index in [1.54, 1.807) is 0 Å². The molecule has 1 atom stereocenters. The number of allylic oxidation sites excluding steroid dienone is 1. The van der Waals surface area contributed by atoms with Crippen LogP contribution in [-0.2, 0) is 0 Å². The molecule has 1 nitrogen and oxygen atoms in total. The molecule has 0 N–H and O–H groups in total. The zero-order valence-electron chi connectivity index (χ0n) is 10.3. The van der Waals surface area contributed by atoms with E-state index in [0.717, 1.165) is 0 Å². The van der Waals surface area contributed by atoms with Crippen molar-refractivity contribution in [2.24, 2.45) is 0 Å². The molecule has 0 saturated carbocycles. The van der Waals surface area contributed by atoms with Crippen molar-refractivity contribution in [3.8, 4) is 0 Å². The first kappa shape index (κ1) is 17.3. The van der Waals surface area contributed by atoms with Gasteiger partial charge in [-0.2, -0.15) is 22.0 Å². The molecule has 0 radical (unpaired) electrons. The quantitative estimate of drug-likeness (QED) is 0.602. The summed E-state index contributed by atoms with van der Waals surface area (Å²) < 4.78 is 74.6. The average molecular weight is 277 g/mol. The van der Waals surface area contributed by atoms with Crippen LogP contribution in [0.25, 0.3) is 0 Å². The van der Waals surface area contributed by atoms with E-state index >= 15 is 0 Å². The fraction of sp³-hybridized carbons (Fsp3) is 0.818. The summed E-state index contributed by atoms with van der Waals surface area (Å²) in [6.07, 6.45) is -6.72. The maximum atomic E-state index is 13.1. The number of alkyl halides is 3. The van der Waals surface area contributed by atoms with Crippen molar-refractivity contribution in [1.29, 1.82) is 0 Å². The Morgan fingerprint density at radius 2 is 1.61 bits per heavy atom. The highest BCUT2D eigenvalue weighted by Crippen LogP contribution is 2.35. The van der Waals surface area contributed by atoms with Crippen molar-refractivity contribution in [3.63, 3.8) is 0 Å². The molecule has 0 fully saturated rings. The third-order valence-corrected chi connectivity index (χ3v) is 2.68. The van der Waals surface area contributed by atoms with Crippen molar-refractivity contribution >= 4 is 0 Å². The minimum atomic E-state index is -4.75. The van der Waals surface area contributed by atoms with Gasteiger partial charge in [-0.25, -0.2) is 4.39 Å². The maximum Gasteiger partial charge on any atom is 0.334 e. The highest BCUT2D eigenvalue weighted by Gasteiger charge is 2.47. The van der Waals surface area contributed by atoms with Crippen LogP contribution in [0.15, 0.2) is 11.9 Å². The molecule has 1 unspecified atom stereocenters. The first-order chi connectivity index (χ1) is 8.27. The predicted molar refractivity (Wildman–Crippen MR) is 57.2 cm³/mol. The van der Waals surface area contributed by atoms with Gasteiger partial charge in [0.1, 0.15) is 0 Å². The molecule has 0 heterocycles. The molecule has 0 aromatic heterocycles. The van der Waals surface area contributed by atoms with Crippen LogP contribution in [0.1, 0.15) is 26.7 Å². The molecule has 0 aliphatic heterocycles. The van der Waals surface area contributed by atoms with Gasteiger partial charge in [0, 0.05) is 0 Å². The first-order valence-corrected chi connectivity index (χ1v) is 5.72. The monoisotopic (exact) mass is 277 g/mol. The molecule has 0 aliphatic rings. The number of nitrogens with zero attached hydrogens (tertiary/aromatic N) is 1. The minimum Gasteiger partial charge on any atom is -0.304 e. The number of hydrogen-bond acceptors (Lipinski definition) is 1. The predicted octanol–water partition coefficient (Wildman–Crippen LogP) is 4.16. The Morgan fingerprint density at radius 1 is 1.11 bits per heavy atom. The zero-order chi connectivity index (χ0) is 14.3. The van der Waals surface area contributed by atoms with E-state index in [4.69, 9.17) is 0 Å². The Kier molecular flexibility index (Phi) is 7.35. The molecule has 7 heteroatoms. The van der Waals surface area contributed by atoms with Crippen LogP contribution in [-0.4, -0.2) is 36.6 Å². The molecule has 0 aromatic carbocycles. The second-order valence-corrected chi connectivity index (χ2v) is 3.83. The Labute approximate surface area is 102 Å². The molecule has 0 bridgehead atoms. The lowest BCUT2D eigenvalue weighted by atomic mass is 10.1. The Morgan fingerprint density at radius 3 is 2.00 bits per heavy atom. The van der Waals surface area contributed by atoms with E-state index in [1.807, 2.05) is 18.7 Å². The maximum absolute atomic E-state index is 13.1.